The van der Waals surface area contributed by atoms with Crippen LogP contribution in [0, 0.1) is 0 Å². The largest absolute Gasteiger partial charge is 0.790 e. The van der Waals surface area contributed by atoms with E-state index in [9.17, 15) is 38.4 Å². The van der Waals surface area contributed by atoms with Gasteiger partial charge in [-0.15, -0.1) is 0 Å². The molecule has 1 rings (SSSR count). The Balaban J connectivity index is 2.45. The van der Waals surface area contributed by atoms with Gasteiger partial charge in [0.25, 0.3) is 15.6 Å². The summed E-state index contributed by atoms with van der Waals surface area (Å²) < 4.78 is 47.4. The SMILES string of the molecule is C[C@H]1CC(O)[C@@H](CNOP(=O)([O-])OP(=O)([O-])OP(=O)([O-])[O-])O1. The highest BCUT2D eigenvalue weighted by Gasteiger charge is 2.31. The lowest BCUT2D eigenvalue weighted by molar-refractivity contribution is -0.339. The van der Waals surface area contributed by atoms with Crippen molar-refractivity contribution in [2.45, 2.75) is 31.7 Å². The van der Waals surface area contributed by atoms with Crippen molar-refractivity contribution in [2.75, 3.05) is 6.54 Å². The molecule has 3 unspecified atom stereocenters. The monoisotopic (exact) mass is 383 g/mol. The van der Waals surface area contributed by atoms with E-state index < -0.39 is 35.7 Å². The van der Waals surface area contributed by atoms with Crippen molar-refractivity contribution in [1.82, 2.24) is 5.48 Å². The Bertz CT molecular complexity index is 519. The number of ether oxygens (including phenoxy) is 1. The third kappa shape index (κ3) is 7.71. The Morgan fingerprint density at radius 2 is 1.77 bits per heavy atom. The van der Waals surface area contributed by atoms with Crippen LogP contribution in [-0.2, 0) is 31.7 Å². The first-order valence-corrected chi connectivity index (χ1v) is 10.00. The van der Waals surface area contributed by atoms with E-state index in [2.05, 4.69) is 13.2 Å². The van der Waals surface area contributed by atoms with Gasteiger partial charge in [0.15, 0.2) is 0 Å². The first-order valence-electron chi connectivity index (χ1n) is 5.61. The average molecular weight is 383 g/mol. The molecule has 0 radical (unpaired) electrons. The summed E-state index contributed by atoms with van der Waals surface area (Å²) in [6, 6.07) is 0. The lowest BCUT2D eigenvalue weighted by atomic mass is 10.1. The van der Waals surface area contributed by atoms with Crippen LogP contribution in [0.25, 0.3) is 0 Å². The zero-order valence-electron chi connectivity index (χ0n) is 10.9. The Morgan fingerprint density at radius 3 is 2.23 bits per heavy atom. The Labute approximate surface area is 124 Å². The Morgan fingerprint density at radius 1 is 1.18 bits per heavy atom. The summed E-state index contributed by atoms with van der Waals surface area (Å²) in [7, 11) is -17.6. The molecule has 0 aromatic rings. The van der Waals surface area contributed by atoms with E-state index in [0.29, 0.717) is 6.42 Å². The molecule has 0 spiro atoms. The topological polar surface area (TPSA) is 213 Å². The molecule has 0 amide bonds. The van der Waals surface area contributed by atoms with E-state index >= 15 is 0 Å². The maximum Gasteiger partial charge on any atom is 0.291 e. The summed E-state index contributed by atoms with van der Waals surface area (Å²) >= 11 is 0. The minimum absolute atomic E-state index is 0.268. The molecule has 13 nitrogen and oxygen atoms in total. The van der Waals surface area contributed by atoms with E-state index in [4.69, 9.17) is 4.74 Å². The zero-order chi connectivity index (χ0) is 17.2. The number of aliphatic hydroxyl groups excluding tert-OH is 1. The van der Waals surface area contributed by atoms with E-state index in [1.54, 1.807) is 12.4 Å². The Kier molecular flexibility index (Phi) is 6.89. The van der Waals surface area contributed by atoms with Crippen LogP contribution in [0.1, 0.15) is 13.3 Å². The third-order valence-electron chi connectivity index (χ3n) is 2.27. The van der Waals surface area contributed by atoms with Crippen molar-refractivity contribution < 1.29 is 56.4 Å². The molecule has 1 fully saturated rings. The van der Waals surface area contributed by atoms with Gasteiger partial charge in [-0.1, -0.05) is 0 Å². The minimum Gasteiger partial charge on any atom is -0.790 e. The van der Waals surface area contributed by atoms with Gasteiger partial charge in [-0.25, -0.2) is 8.94 Å². The lowest BCUT2D eigenvalue weighted by Crippen LogP contribution is -2.34. The number of phosphoric acid groups is 3. The highest BCUT2D eigenvalue weighted by molar-refractivity contribution is 7.64. The van der Waals surface area contributed by atoms with Gasteiger partial charge in [-0.3, -0.25) is 13.4 Å². The molecule has 0 saturated carbocycles. The number of hydrogen-bond acceptors (Lipinski definition) is 13. The molecule has 0 bridgehead atoms. The summed E-state index contributed by atoms with van der Waals surface area (Å²) in [5.41, 5.74) is 1.78. The quantitative estimate of drug-likeness (QED) is 0.313. The van der Waals surface area contributed by atoms with E-state index in [1.165, 1.54) is 0 Å². The smallest absolute Gasteiger partial charge is 0.291 e. The molecule has 1 heterocycles. The molecule has 1 aliphatic heterocycles. The van der Waals surface area contributed by atoms with E-state index in [-0.39, 0.29) is 12.6 Å². The van der Waals surface area contributed by atoms with Crippen molar-refractivity contribution in [3.8, 4) is 0 Å². The second kappa shape index (κ2) is 7.45. The number of hydroxylamine groups is 1. The molecule has 2 N–H and O–H groups in total. The van der Waals surface area contributed by atoms with E-state index in [1.807, 2.05) is 0 Å². The maximum absolute atomic E-state index is 11.1. The van der Waals surface area contributed by atoms with Crippen LogP contribution >= 0.6 is 23.5 Å². The molecular formula is C6H12NO12P3-4. The van der Waals surface area contributed by atoms with Crippen LogP contribution in [0.5, 0.6) is 0 Å². The van der Waals surface area contributed by atoms with Crippen LogP contribution in [0.15, 0.2) is 0 Å². The average Bonchev–Trinajstić information content (AvgIpc) is 2.51. The second-order valence-corrected chi connectivity index (χ2v) is 8.41. The molecule has 1 saturated heterocycles. The van der Waals surface area contributed by atoms with Crippen molar-refractivity contribution in [3.05, 3.63) is 0 Å². The molecule has 0 aromatic carbocycles. The van der Waals surface area contributed by atoms with Crippen LogP contribution in [0.3, 0.4) is 0 Å². The fraction of sp³-hybridized carbons (Fsp3) is 1.00. The van der Waals surface area contributed by atoms with Gasteiger partial charge >= 0.3 is 0 Å². The fourth-order valence-corrected chi connectivity index (χ4v) is 4.31. The summed E-state index contributed by atoms with van der Waals surface area (Å²) in [4.78, 5) is 42.2. The fourth-order valence-electron chi connectivity index (χ4n) is 1.60. The number of rotatable bonds is 8. The molecule has 0 aliphatic carbocycles. The second-order valence-electron chi connectivity index (χ2n) is 4.23. The predicted molar refractivity (Wildman–Crippen MR) is 59.0 cm³/mol. The maximum atomic E-state index is 11.1. The highest BCUT2D eigenvalue weighted by Crippen LogP contribution is 2.60. The van der Waals surface area contributed by atoms with Gasteiger partial charge in [0, 0.05) is 6.42 Å². The van der Waals surface area contributed by atoms with Crippen LogP contribution < -0.4 is 25.1 Å². The van der Waals surface area contributed by atoms with Gasteiger partial charge in [0.2, 0.25) is 0 Å². The summed E-state index contributed by atoms with van der Waals surface area (Å²) in [5.74, 6) is 0. The standard InChI is InChI=1S/C6H16NO12P3/c1-4-2-5(8)6(16-4)3-7-17-21(12,13)19-22(14,15)18-20(9,10)11/h4-8H,2-3H2,1H3,(H,12,13)(H,14,15)(H2,9,10,11)/p-4/t4-,5?,6+/m0/s1. The summed E-state index contributed by atoms with van der Waals surface area (Å²) in [6.07, 6.45) is -1.66. The Hall–Kier alpha value is 0.290. The normalized spacial score (nSPS) is 31.6. The molecule has 22 heavy (non-hydrogen) atoms. The number of aliphatic hydroxyl groups is 1. The van der Waals surface area contributed by atoms with Crippen molar-refractivity contribution in [3.63, 3.8) is 0 Å². The molecule has 16 heteroatoms. The van der Waals surface area contributed by atoms with Crippen molar-refractivity contribution >= 4 is 23.5 Å². The van der Waals surface area contributed by atoms with E-state index in [0.717, 1.165) is 0 Å². The van der Waals surface area contributed by atoms with Gasteiger partial charge in [0.1, 0.15) is 0 Å². The third-order valence-corrected chi connectivity index (χ3v) is 5.82. The van der Waals surface area contributed by atoms with Crippen LogP contribution in [0.2, 0.25) is 0 Å². The highest BCUT2D eigenvalue weighted by atomic mass is 31.3. The minimum atomic E-state index is -6.02. The zero-order valence-corrected chi connectivity index (χ0v) is 13.6. The lowest BCUT2D eigenvalue weighted by Gasteiger charge is -2.37. The van der Waals surface area contributed by atoms with Gasteiger partial charge in [-0.05, 0) is 6.92 Å². The van der Waals surface area contributed by atoms with Gasteiger partial charge in [-0.2, -0.15) is 5.48 Å². The van der Waals surface area contributed by atoms with Gasteiger partial charge < -0.3 is 34.0 Å². The first kappa shape index (κ1) is 20.3. The first-order chi connectivity index (χ1) is 9.80. The molecular weight excluding hydrogens is 371 g/mol. The molecule has 132 valence electrons. The molecule has 0 aromatic heterocycles. The van der Waals surface area contributed by atoms with Crippen molar-refractivity contribution in [2.24, 2.45) is 0 Å². The molecule has 1 aliphatic rings. The van der Waals surface area contributed by atoms with Crippen LogP contribution in [-0.4, -0.2) is 30.0 Å². The summed E-state index contributed by atoms with van der Waals surface area (Å²) in [6.45, 7) is 1.33. The van der Waals surface area contributed by atoms with Gasteiger partial charge in [0.05, 0.1) is 32.7 Å². The van der Waals surface area contributed by atoms with Crippen molar-refractivity contribution in [1.29, 1.82) is 0 Å². The number of nitrogens with one attached hydrogen (secondary N) is 1. The van der Waals surface area contributed by atoms with Crippen LogP contribution in [0.4, 0.5) is 0 Å². The summed E-state index contributed by atoms with van der Waals surface area (Å²) in [5, 5.41) is 9.49. The number of hydrogen-bond donors (Lipinski definition) is 2. The molecule has 5 atom stereocenters. The predicted octanol–water partition coefficient (Wildman–Crippen LogP) is -3.16.